The minimum Gasteiger partial charge on any atom is -0.464 e. The fraction of sp³-hybridized carbons (Fsp3) is 0.421. The van der Waals surface area contributed by atoms with Gasteiger partial charge in [-0.15, -0.1) is 0 Å². The first kappa shape index (κ1) is 18.0. The lowest BCUT2D eigenvalue weighted by atomic mass is 10.1. The molecule has 0 saturated carbocycles. The molecule has 26 heavy (non-hydrogen) atoms. The Kier molecular flexibility index (Phi) is 5.55. The summed E-state index contributed by atoms with van der Waals surface area (Å²) < 4.78 is 5.48. The van der Waals surface area contributed by atoms with Crippen molar-refractivity contribution in [2.75, 3.05) is 32.7 Å². The van der Waals surface area contributed by atoms with E-state index in [2.05, 4.69) is 5.32 Å². The van der Waals surface area contributed by atoms with E-state index in [9.17, 15) is 14.4 Å². The third-order valence-corrected chi connectivity index (χ3v) is 4.67. The van der Waals surface area contributed by atoms with Crippen molar-refractivity contribution in [3.63, 3.8) is 0 Å². The highest BCUT2D eigenvalue weighted by molar-refractivity contribution is 6.35. The van der Waals surface area contributed by atoms with Gasteiger partial charge in [-0.2, -0.15) is 0 Å². The molecule has 1 aliphatic rings. The van der Waals surface area contributed by atoms with E-state index in [1.807, 2.05) is 31.2 Å². The number of hydrogen-bond donors (Lipinski definition) is 1. The molecule has 2 aromatic rings. The zero-order valence-electron chi connectivity index (χ0n) is 14.9. The molecule has 2 heterocycles. The highest BCUT2D eigenvalue weighted by Crippen LogP contribution is 2.20. The van der Waals surface area contributed by atoms with Gasteiger partial charge in [-0.25, -0.2) is 0 Å². The van der Waals surface area contributed by atoms with Crippen LogP contribution in [0.1, 0.15) is 18.9 Å². The lowest BCUT2D eigenvalue weighted by Crippen LogP contribution is -2.54. The first-order valence-electron chi connectivity index (χ1n) is 8.90. The van der Waals surface area contributed by atoms with Crippen LogP contribution in [0, 0.1) is 0 Å². The molecular weight excluding hydrogens is 334 g/mol. The number of rotatable bonds is 7. The van der Waals surface area contributed by atoms with Crippen LogP contribution in [0.25, 0.3) is 11.0 Å². The minimum absolute atomic E-state index is 0.129. The van der Waals surface area contributed by atoms with Gasteiger partial charge in [0.2, 0.25) is 5.91 Å². The van der Waals surface area contributed by atoms with Crippen LogP contribution in [0.15, 0.2) is 34.9 Å². The third kappa shape index (κ3) is 3.87. The molecular formula is C19H23N3O4. The van der Waals surface area contributed by atoms with Crippen molar-refractivity contribution in [1.29, 1.82) is 0 Å². The van der Waals surface area contributed by atoms with Gasteiger partial charge < -0.3 is 19.5 Å². The Labute approximate surface area is 151 Å². The largest absolute Gasteiger partial charge is 0.464 e. The number of carbonyl (C=O) groups excluding carboxylic acids is 3. The molecule has 0 aliphatic carbocycles. The molecule has 0 radical (unpaired) electrons. The molecule has 1 aliphatic heterocycles. The Morgan fingerprint density at radius 1 is 1.15 bits per heavy atom. The van der Waals surface area contributed by atoms with Gasteiger partial charge in [0.25, 0.3) is 0 Å². The molecule has 0 bridgehead atoms. The molecule has 1 aromatic heterocycles. The van der Waals surface area contributed by atoms with Crippen LogP contribution in [-0.2, 0) is 20.8 Å². The minimum atomic E-state index is -0.518. The summed E-state index contributed by atoms with van der Waals surface area (Å²) >= 11 is 0. The number of hydrogen-bond acceptors (Lipinski definition) is 4. The van der Waals surface area contributed by atoms with Crippen molar-refractivity contribution in [2.45, 2.75) is 19.8 Å². The predicted octanol–water partition coefficient (Wildman–Crippen LogP) is 1.17. The van der Waals surface area contributed by atoms with Crippen molar-refractivity contribution in [3.05, 3.63) is 36.1 Å². The summed E-state index contributed by atoms with van der Waals surface area (Å²) in [5.74, 6) is -1.13. The van der Waals surface area contributed by atoms with E-state index in [4.69, 9.17) is 4.42 Å². The van der Waals surface area contributed by atoms with Gasteiger partial charge in [0.15, 0.2) is 0 Å². The summed E-state index contributed by atoms with van der Waals surface area (Å²) in [6.45, 7) is 4.14. The number of carbonyl (C=O) groups is 3. The van der Waals surface area contributed by atoms with E-state index in [0.717, 1.165) is 16.5 Å². The van der Waals surface area contributed by atoms with E-state index >= 15 is 0 Å². The number of likely N-dealkylation sites (N-methyl/N-ethyl adjacent to an activating group) is 1. The van der Waals surface area contributed by atoms with Gasteiger partial charge >= 0.3 is 11.8 Å². The van der Waals surface area contributed by atoms with E-state index < -0.39 is 11.8 Å². The Morgan fingerprint density at radius 3 is 2.69 bits per heavy atom. The van der Waals surface area contributed by atoms with Crippen molar-refractivity contribution in [2.24, 2.45) is 0 Å². The second-order valence-corrected chi connectivity index (χ2v) is 6.28. The number of para-hydroxylation sites is 1. The number of benzene rings is 1. The first-order valence-corrected chi connectivity index (χ1v) is 8.90. The van der Waals surface area contributed by atoms with Gasteiger partial charge in [0.05, 0.1) is 6.26 Å². The smallest absolute Gasteiger partial charge is 0.312 e. The van der Waals surface area contributed by atoms with Crippen LogP contribution in [0.4, 0.5) is 0 Å². The van der Waals surface area contributed by atoms with E-state index in [0.29, 0.717) is 32.6 Å². The normalized spacial score (nSPS) is 15.0. The predicted molar refractivity (Wildman–Crippen MR) is 96.4 cm³/mol. The highest BCUT2D eigenvalue weighted by atomic mass is 16.3. The molecule has 1 saturated heterocycles. The van der Waals surface area contributed by atoms with Crippen LogP contribution in [0.2, 0.25) is 0 Å². The maximum atomic E-state index is 12.0. The Balaban J connectivity index is 1.42. The molecule has 1 fully saturated rings. The number of amides is 3. The van der Waals surface area contributed by atoms with Crippen molar-refractivity contribution >= 4 is 28.7 Å². The molecule has 7 heteroatoms. The summed E-state index contributed by atoms with van der Waals surface area (Å²) in [5.41, 5.74) is 1.89. The Bertz CT molecular complexity index is 814. The molecule has 1 aromatic carbocycles. The SMILES string of the molecule is CCN1CCN(CCC(=O)NCCc2coc3ccccc23)C(=O)C1=O. The molecule has 3 amide bonds. The van der Waals surface area contributed by atoms with Crippen LogP contribution in [0.3, 0.4) is 0 Å². The number of furan rings is 1. The topological polar surface area (TPSA) is 82.9 Å². The fourth-order valence-corrected chi connectivity index (χ4v) is 3.12. The second-order valence-electron chi connectivity index (χ2n) is 6.28. The molecule has 0 atom stereocenters. The van der Waals surface area contributed by atoms with Crippen molar-refractivity contribution in [1.82, 2.24) is 15.1 Å². The maximum Gasteiger partial charge on any atom is 0.312 e. The zero-order valence-corrected chi connectivity index (χ0v) is 14.9. The van der Waals surface area contributed by atoms with E-state index in [1.54, 1.807) is 6.26 Å². The molecule has 1 N–H and O–H groups in total. The van der Waals surface area contributed by atoms with Crippen LogP contribution < -0.4 is 5.32 Å². The molecule has 7 nitrogen and oxygen atoms in total. The maximum absolute atomic E-state index is 12.0. The monoisotopic (exact) mass is 357 g/mol. The second kappa shape index (κ2) is 8.03. The van der Waals surface area contributed by atoms with E-state index in [1.165, 1.54) is 9.80 Å². The van der Waals surface area contributed by atoms with Crippen molar-refractivity contribution in [3.8, 4) is 0 Å². The lowest BCUT2D eigenvalue weighted by Gasteiger charge is -2.32. The summed E-state index contributed by atoms with van der Waals surface area (Å²) in [6, 6.07) is 7.78. The van der Waals surface area contributed by atoms with E-state index in [-0.39, 0.29) is 18.9 Å². The van der Waals surface area contributed by atoms with Gasteiger partial charge in [-0.3, -0.25) is 14.4 Å². The Morgan fingerprint density at radius 2 is 1.88 bits per heavy atom. The van der Waals surface area contributed by atoms with Gasteiger partial charge in [0.1, 0.15) is 5.58 Å². The molecule has 0 unspecified atom stereocenters. The summed E-state index contributed by atoms with van der Waals surface area (Å²) in [5, 5.41) is 3.91. The molecule has 3 rings (SSSR count). The molecule has 138 valence electrons. The lowest BCUT2D eigenvalue weighted by molar-refractivity contribution is -0.156. The number of piperazine rings is 1. The van der Waals surface area contributed by atoms with Crippen molar-refractivity contribution < 1.29 is 18.8 Å². The fourth-order valence-electron chi connectivity index (χ4n) is 3.12. The number of fused-ring (bicyclic) bond motifs is 1. The van der Waals surface area contributed by atoms with Gasteiger partial charge in [-0.05, 0) is 25.0 Å². The zero-order chi connectivity index (χ0) is 18.5. The van der Waals surface area contributed by atoms with Crippen LogP contribution in [0.5, 0.6) is 0 Å². The Hall–Kier alpha value is -2.83. The van der Waals surface area contributed by atoms with Crippen LogP contribution in [-0.4, -0.2) is 60.2 Å². The number of nitrogens with one attached hydrogen (secondary N) is 1. The highest BCUT2D eigenvalue weighted by Gasteiger charge is 2.31. The van der Waals surface area contributed by atoms with Gasteiger partial charge in [0, 0.05) is 44.5 Å². The first-order chi connectivity index (χ1) is 12.6. The standard InChI is InChI=1S/C19H23N3O4/c1-2-21-11-12-22(19(25)18(21)24)10-8-17(23)20-9-7-14-13-26-16-6-4-3-5-15(14)16/h3-6,13H,2,7-12H2,1H3,(H,20,23). The van der Waals surface area contributed by atoms with Gasteiger partial charge in [-0.1, -0.05) is 18.2 Å². The summed E-state index contributed by atoms with van der Waals surface area (Å²) in [4.78, 5) is 38.8. The third-order valence-electron chi connectivity index (χ3n) is 4.67. The quantitative estimate of drug-likeness (QED) is 0.754. The summed E-state index contributed by atoms with van der Waals surface area (Å²) in [7, 11) is 0. The summed E-state index contributed by atoms with van der Waals surface area (Å²) in [6.07, 6.45) is 2.58. The average molecular weight is 357 g/mol. The number of nitrogens with zero attached hydrogens (tertiary/aromatic N) is 2. The van der Waals surface area contributed by atoms with Crippen LogP contribution >= 0.6 is 0 Å². The average Bonchev–Trinajstić information content (AvgIpc) is 3.06. The molecule has 0 spiro atoms.